The summed E-state index contributed by atoms with van der Waals surface area (Å²) in [6.45, 7) is 10.3. The van der Waals surface area contributed by atoms with Gasteiger partial charge in [-0.15, -0.1) is 0 Å². The maximum Gasteiger partial charge on any atom is 0.174 e. The van der Waals surface area contributed by atoms with Crippen LogP contribution in [0, 0.1) is 28.6 Å². The number of rotatable bonds is 2. The van der Waals surface area contributed by atoms with Crippen molar-refractivity contribution < 1.29 is 18.9 Å². The molecule has 3 aliphatic carbocycles. The molecule has 4 nitrogen and oxygen atoms in total. The third kappa shape index (κ3) is 2.05. The predicted octanol–water partition coefficient (Wildman–Crippen LogP) is 4.52. The Morgan fingerprint density at radius 2 is 1.31 bits per heavy atom. The Labute approximate surface area is 158 Å². The van der Waals surface area contributed by atoms with Crippen LogP contribution in [0.4, 0.5) is 0 Å². The van der Waals surface area contributed by atoms with E-state index in [0.29, 0.717) is 11.8 Å². The molecule has 0 aromatic rings. The van der Waals surface area contributed by atoms with E-state index in [4.69, 9.17) is 18.9 Å². The monoisotopic (exact) mass is 364 g/mol. The van der Waals surface area contributed by atoms with Gasteiger partial charge in [-0.3, -0.25) is 0 Å². The van der Waals surface area contributed by atoms with Crippen molar-refractivity contribution in [3.63, 3.8) is 0 Å². The summed E-state index contributed by atoms with van der Waals surface area (Å²) in [6, 6.07) is 0. The van der Waals surface area contributed by atoms with Crippen LogP contribution < -0.4 is 0 Å². The minimum absolute atomic E-state index is 0.135. The van der Waals surface area contributed by atoms with Crippen molar-refractivity contribution in [1.29, 1.82) is 0 Å². The first kappa shape index (κ1) is 17.9. The van der Waals surface area contributed by atoms with Crippen molar-refractivity contribution >= 4 is 0 Å². The van der Waals surface area contributed by atoms with Gasteiger partial charge in [0.05, 0.1) is 26.4 Å². The summed E-state index contributed by atoms with van der Waals surface area (Å²) >= 11 is 0. The maximum atomic E-state index is 6.36. The summed E-state index contributed by atoms with van der Waals surface area (Å²) < 4.78 is 25.3. The van der Waals surface area contributed by atoms with Crippen molar-refractivity contribution in [3.05, 3.63) is 0 Å². The van der Waals surface area contributed by atoms with E-state index >= 15 is 0 Å². The zero-order chi connectivity index (χ0) is 18.0. The van der Waals surface area contributed by atoms with E-state index in [-0.39, 0.29) is 22.4 Å². The van der Waals surface area contributed by atoms with E-state index in [2.05, 4.69) is 20.8 Å². The van der Waals surface area contributed by atoms with Gasteiger partial charge in [-0.05, 0) is 49.9 Å². The number of hydrogen-bond donors (Lipinski definition) is 0. The van der Waals surface area contributed by atoms with E-state index in [0.717, 1.165) is 45.2 Å². The highest BCUT2D eigenvalue weighted by atomic mass is 16.7. The van der Waals surface area contributed by atoms with Crippen LogP contribution >= 0.6 is 0 Å². The van der Waals surface area contributed by atoms with Crippen molar-refractivity contribution in [1.82, 2.24) is 0 Å². The standard InChI is InChI=1S/C22H36O4/c1-4-8-19(2)17-6-9-20(3)18(7-11-22(20)25-14-15-26-22)16(17)5-10-21(19)23-12-13-24-21/h16-18H,4-15H2,1-3H3/t16-,17+,18+,19-,20+/m1/s1. The highest BCUT2D eigenvalue weighted by Crippen LogP contribution is 2.69. The number of ether oxygens (including phenoxy) is 4. The van der Waals surface area contributed by atoms with Gasteiger partial charge in [-0.25, -0.2) is 0 Å². The lowest BCUT2D eigenvalue weighted by molar-refractivity contribution is -0.302. The molecule has 2 saturated heterocycles. The van der Waals surface area contributed by atoms with Gasteiger partial charge in [-0.2, -0.15) is 0 Å². The molecule has 2 aliphatic heterocycles. The first-order valence-electron chi connectivity index (χ1n) is 11.1. The lowest BCUT2D eigenvalue weighted by atomic mass is 9.47. The zero-order valence-corrected chi connectivity index (χ0v) is 16.9. The molecule has 0 radical (unpaired) electrons. The fourth-order valence-corrected chi connectivity index (χ4v) is 8.12. The van der Waals surface area contributed by atoms with Crippen LogP contribution in [-0.2, 0) is 18.9 Å². The lowest BCUT2D eigenvalue weighted by Gasteiger charge is -2.61. The Kier molecular flexibility index (Phi) is 4.08. The van der Waals surface area contributed by atoms with Gasteiger partial charge in [0.1, 0.15) is 0 Å². The molecular weight excluding hydrogens is 328 g/mol. The van der Waals surface area contributed by atoms with Crippen LogP contribution in [-0.4, -0.2) is 38.0 Å². The second kappa shape index (κ2) is 5.92. The molecule has 0 N–H and O–H groups in total. The van der Waals surface area contributed by atoms with Crippen LogP contribution in [0.1, 0.15) is 72.1 Å². The Hall–Kier alpha value is -0.160. The van der Waals surface area contributed by atoms with E-state index in [1.165, 1.54) is 38.5 Å². The first-order valence-corrected chi connectivity index (χ1v) is 11.1. The zero-order valence-electron chi connectivity index (χ0n) is 16.9. The second-order valence-electron chi connectivity index (χ2n) is 9.98. The summed E-state index contributed by atoms with van der Waals surface area (Å²) in [7, 11) is 0. The van der Waals surface area contributed by atoms with Crippen molar-refractivity contribution in [2.45, 2.75) is 83.7 Å². The summed E-state index contributed by atoms with van der Waals surface area (Å²) in [5.74, 6) is 1.56. The van der Waals surface area contributed by atoms with Crippen LogP contribution in [0.25, 0.3) is 0 Å². The summed E-state index contributed by atoms with van der Waals surface area (Å²) in [6.07, 6.45) is 9.52. The summed E-state index contributed by atoms with van der Waals surface area (Å²) in [4.78, 5) is 0. The molecule has 0 amide bonds. The average molecular weight is 365 g/mol. The van der Waals surface area contributed by atoms with E-state index in [1.807, 2.05) is 0 Å². The molecule has 5 rings (SSSR count). The van der Waals surface area contributed by atoms with Crippen molar-refractivity contribution in [3.8, 4) is 0 Å². The second-order valence-corrected chi connectivity index (χ2v) is 9.98. The van der Waals surface area contributed by atoms with Crippen LogP contribution in [0.3, 0.4) is 0 Å². The fourth-order valence-electron chi connectivity index (χ4n) is 8.12. The Balaban J connectivity index is 1.49. The average Bonchev–Trinajstić information content (AvgIpc) is 3.34. The third-order valence-electron chi connectivity index (χ3n) is 9.25. The van der Waals surface area contributed by atoms with Gasteiger partial charge in [0, 0.05) is 23.7 Å². The maximum absolute atomic E-state index is 6.36. The molecule has 5 aliphatic rings. The molecule has 4 heteroatoms. The molecule has 26 heavy (non-hydrogen) atoms. The molecule has 3 saturated carbocycles. The van der Waals surface area contributed by atoms with Gasteiger partial charge >= 0.3 is 0 Å². The van der Waals surface area contributed by atoms with Gasteiger partial charge in [-0.1, -0.05) is 27.2 Å². The van der Waals surface area contributed by atoms with Gasteiger partial charge in [0.2, 0.25) is 0 Å². The highest BCUT2D eigenvalue weighted by Gasteiger charge is 2.69. The molecular formula is C22H36O4. The molecule has 0 bridgehead atoms. The van der Waals surface area contributed by atoms with Gasteiger partial charge in [0.15, 0.2) is 11.6 Å². The minimum Gasteiger partial charge on any atom is -0.347 e. The molecule has 148 valence electrons. The van der Waals surface area contributed by atoms with Crippen LogP contribution in [0.5, 0.6) is 0 Å². The van der Waals surface area contributed by atoms with Gasteiger partial charge < -0.3 is 18.9 Å². The highest BCUT2D eigenvalue weighted by molar-refractivity contribution is 5.14. The molecule has 5 fully saturated rings. The summed E-state index contributed by atoms with van der Waals surface area (Å²) in [5, 5.41) is 0. The van der Waals surface area contributed by atoms with E-state index in [1.54, 1.807) is 0 Å². The molecule has 0 aromatic heterocycles. The van der Waals surface area contributed by atoms with E-state index in [9.17, 15) is 0 Å². The Bertz CT molecular complexity index is 550. The number of hydrogen-bond acceptors (Lipinski definition) is 4. The predicted molar refractivity (Wildman–Crippen MR) is 98.6 cm³/mol. The molecule has 2 heterocycles. The van der Waals surface area contributed by atoms with Crippen LogP contribution in [0.15, 0.2) is 0 Å². The summed E-state index contributed by atoms with van der Waals surface area (Å²) in [5.41, 5.74) is 0.315. The fraction of sp³-hybridized carbons (Fsp3) is 1.00. The van der Waals surface area contributed by atoms with Crippen molar-refractivity contribution in [2.75, 3.05) is 26.4 Å². The van der Waals surface area contributed by atoms with Crippen LogP contribution in [0.2, 0.25) is 0 Å². The first-order chi connectivity index (χ1) is 12.5. The normalized spacial score (nSPS) is 48.8. The Morgan fingerprint density at radius 3 is 1.96 bits per heavy atom. The SMILES string of the molecule is CCC[C@]1(C)[C@H]2CC[C@@]3(C)[C@@H](CCC34OCCO4)[C@@H]2CCC12OCCO2. The van der Waals surface area contributed by atoms with Crippen molar-refractivity contribution in [2.24, 2.45) is 28.6 Å². The minimum atomic E-state index is -0.325. The molecule has 5 atom stereocenters. The number of fused-ring (bicyclic) bond motifs is 4. The van der Waals surface area contributed by atoms with Gasteiger partial charge in [0.25, 0.3) is 0 Å². The largest absolute Gasteiger partial charge is 0.347 e. The van der Waals surface area contributed by atoms with E-state index < -0.39 is 0 Å². The smallest absolute Gasteiger partial charge is 0.174 e. The quantitative estimate of drug-likeness (QED) is 0.722. The molecule has 0 unspecified atom stereocenters. The topological polar surface area (TPSA) is 36.9 Å². The molecule has 2 spiro atoms. The third-order valence-corrected chi connectivity index (χ3v) is 9.25. The molecule has 0 aromatic carbocycles. The lowest BCUT2D eigenvalue weighted by Crippen LogP contribution is -2.62. The Morgan fingerprint density at radius 1 is 0.731 bits per heavy atom.